The van der Waals surface area contributed by atoms with E-state index in [1.54, 1.807) is 0 Å². The predicted octanol–water partition coefficient (Wildman–Crippen LogP) is 2.21. The van der Waals surface area contributed by atoms with Crippen molar-refractivity contribution in [2.45, 2.75) is 0 Å². The zero-order chi connectivity index (χ0) is 19.1. The number of methoxy groups -OCH3 is 1. The molecule has 2 aromatic rings. The van der Waals surface area contributed by atoms with Gasteiger partial charge in [0.1, 0.15) is 12.0 Å². The molecule has 1 amide bonds. The number of carbonyl (C=O) groups excluding carboxylic acids is 3. The Morgan fingerprint density at radius 3 is 2.46 bits per heavy atom. The summed E-state index contributed by atoms with van der Waals surface area (Å²) in [6.45, 7) is -0.561. The molecule has 1 N–H and O–H groups in total. The van der Waals surface area contributed by atoms with Crippen LogP contribution < -0.4 is 10.1 Å². The molecule has 0 aliphatic rings. The van der Waals surface area contributed by atoms with E-state index in [0.29, 0.717) is 11.8 Å². The fraction of sp³-hybridized carbons (Fsp3) is 0.118. The summed E-state index contributed by atoms with van der Waals surface area (Å²) in [5, 5.41) is 13.2. The first kappa shape index (κ1) is 18.6. The summed E-state index contributed by atoms with van der Waals surface area (Å²) in [7, 11) is 1.30. The molecule has 0 saturated carbocycles. The molecule has 0 unspecified atom stereocenters. The van der Waals surface area contributed by atoms with Crippen molar-refractivity contribution >= 4 is 29.5 Å². The Morgan fingerprint density at radius 2 is 1.88 bits per heavy atom. The van der Waals surface area contributed by atoms with Gasteiger partial charge in [0.25, 0.3) is 11.6 Å². The number of carbonyl (C=O) groups is 3. The quantitative estimate of drug-likeness (QED) is 0.348. The lowest BCUT2D eigenvalue weighted by atomic mass is 10.1. The van der Waals surface area contributed by atoms with Crippen LogP contribution >= 0.6 is 0 Å². The minimum absolute atomic E-state index is 0.100. The van der Waals surface area contributed by atoms with E-state index in [1.807, 2.05) is 0 Å². The van der Waals surface area contributed by atoms with Gasteiger partial charge in [0, 0.05) is 11.6 Å². The summed E-state index contributed by atoms with van der Waals surface area (Å²) in [5.41, 5.74) is 0.611. The van der Waals surface area contributed by atoms with Crippen LogP contribution in [0.4, 0.5) is 11.4 Å². The van der Waals surface area contributed by atoms with Crippen LogP contribution in [0.15, 0.2) is 42.5 Å². The van der Waals surface area contributed by atoms with Crippen LogP contribution in [-0.4, -0.2) is 36.8 Å². The lowest BCUT2D eigenvalue weighted by molar-refractivity contribution is -0.384. The molecule has 0 bridgehead atoms. The molecule has 9 heteroatoms. The Labute approximate surface area is 147 Å². The van der Waals surface area contributed by atoms with Crippen LogP contribution in [0.1, 0.15) is 20.7 Å². The maximum Gasteiger partial charge on any atom is 0.338 e. The van der Waals surface area contributed by atoms with E-state index >= 15 is 0 Å². The lowest BCUT2D eigenvalue weighted by Gasteiger charge is -2.10. The van der Waals surface area contributed by atoms with Gasteiger partial charge in [-0.15, -0.1) is 0 Å². The molecule has 0 aromatic heterocycles. The maximum absolute atomic E-state index is 11.9. The molecule has 0 aliphatic carbocycles. The Balaban J connectivity index is 1.96. The van der Waals surface area contributed by atoms with Gasteiger partial charge in [0.2, 0.25) is 0 Å². The highest BCUT2D eigenvalue weighted by molar-refractivity contribution is 5.96. The molecule has 9 nitrogen and oxygen atoms in total. The maximum atomic E-state index is 11.9. The fourth-order valence-corrected chi connectivity index (χ4v) is 2.00. The highest BCUT2D eigenvalue weighted by atomic mass is 16.6. The van der Waals surface area contributed by atoms with E-state index in [2.05, 4.69) is 5.32 Å². The van der Waals surface area contributed by atoms with Crippen LogP contribution in [0.2, 0.25) is 0 Å². The second-order valence-electron chi connectivity index (χ2n) is 5.01. The van der Waals surface area contributed by atoms with Crippen LogP contribution in [0.25, 0.3) is 0 Å². The summed E-state index contributed by atoms with van der Waals surface area (Å²) in [6, 6.07) is 9.40. The third-order valence-corrected chi connectivity index (χ3v) is 3.29. The van der Waals surface area contributed by atoms with Gasteiger partial charge in [-0.25, -0.2) is 4.79 Å². The van der Waals surface area contributed by atoms with E-state index in [0.717, 1.165) is 6.07 Å². The monoisotopic (exact) mass is 358 g/mol. The minimum Gasteiger partial charge on any atom is -0.494 e. The molecule has 26 heavy (non-hydrogen) atoms. The highest BCUT2D eigenvalue weighted by Crippen LogP contribution is 2.28. The number of nitrogens with one attached hydrogen (secondary N) is 1. The summed E-state index contributed by atoms with van der Waals surface area (Å²) in [4.78, 5) is 44.5. The SMILES string of the molecule is COc1cc([N+](=O)[O-])ccc1NC(=O)COC(=O)c1ccc(C=O)cc1. The molecular formula is C17H14N2O7. The van der Waals surface area contributed by atoms with E-state index in [1.165, 1.54) is 43.5 Å². The first-order chi connectivity index (χ1) is 12.4. The van der Waals surface area contributed by atoms with Gasteiger partial charge in [0.05, 0.1) is 29.4 Å². The standard InChI is InChI=1S/C17H14N2O7/c1-25-15-8-13(19(23)24)6-7-14(15)18-16(21)10-26-17(22)12-4-2-11(9-20)3-5-12/h2-9H,10H2,1H3,(H,18,21). The van der Waals surface area contributed by atoms with E-state index in [9.17, 15) is 24.5 Å². The van der Waals surface area contributed by atoms with Crippen molar-refractivity contribution in [3.8, 4) is 5.75 Å². The highest BCUT2D eigenvalue weighted by Gasteiger charge is 2.15. The Hall–Kier alpha value is -3.75. The second-order valence-corrected chi connectivity index (χ2v) is 5.01. The normalized spacial score (nSPS) is 9.88. The lowest BCUT2D eigenvalue weighted by Crippen LogP contribution is -2.21. The van der Waals surface area contributed by atoms with Crippen molar-refractivity contribution in [1.82, 2.24) is 0 Å². The Morgan fingerprint density at radius 1 is 1.19 bits per heavy atom. The number of nitro groups is 1. The number of benzene rings is 2. The summed E-state index contributed by atoms with van der Waals surface area (Å²) in [6.07, 6.45) is 0.639. The predicted molar refractivity (Wildman–Crippen MR) is 90.4 cm³/mol. The van der Waals surface area contributed by atoms with Crippen LogP contribution in [0.3, 0.4) is 0 Å². The number of amides is 1. The molecule has 2 rings (SSSR count). The van der Waals surface area contributed by atoms with Gasteiger partial charge in [-0.1, -0.05) is 12.1 Å². The van der Waals surface area contributed by atoms with Crippen molar-refractivity contribution in [3.63, 3.8) is 0 Å². The molecule has 0 aliphatic heterocycles. The number of nitro benzene ring substituents is 1. The molecule has 0 fully saturated rings. The number of ether oxygens (including phenoxy) is 2. The van der Waals surface area contributed by atoms with Crippen molar-refractivity contribution < 1.29 is 28.8 Å². The van der Waals surface area contributed by atoms with E-state index in [4.69, 9.17) is 9.47 Å². The average Bonchev–Trinajstić information content (AvgIpc) is 2.66. The topological polar surface area (TPSA) is 125 Å². The van der Waals surface area contributed by atoms with E-state index < -0.39 is 23.4 Å². The number of hydrogen-bond acceptors (Lipinski definition) is 7. The number of esters is 1. The number of aldehydes is 1. The largest absolute Gasteiger partial charge is 0.494 e. The van der Waals surface area contributed by atoms with Crippen molar-refractivity contribution in [2.24, 2.45) is 0 Å². The summed E-state index contributed by atoms with van der Waals surface area (Å²) in [5.74, 6) is -1.27. The van der Waals surface area contributed by atoms with Gasteiger partial charge >= 0.3 is 5.97 Å². The van der Waals surface area contributed by atoms with Gasteiger partial charge in [-0.3, -0.25) is 19.7 Å². The van der Waals surface area contributed by atoms with Gasteiger partial charge in [-0.2, -0.15) is 0 Å². The number of rotatable bonds is 7. The molecule has 0 saturated heterocycles. The zero-order valence-corrected chi connectivity index (χ0v) is 13.6. The second kappa shape index (κ2) is 8.38. The fourth-order valence-electron chi connectivity index (χ4n) is 2.00. The van der Waals surface area contributed by atoms with Crippen LogP contribution in [-0.2, 0) is 9.53 Å². The zero-order valence-electron chi connectivity index (χ0n) is 13.6. The molecule has 2 aromatic carbocycles. The minimum atomic E-state index is -0.728. The van der Waals surface area contributed by atoms with Gasteiger partial charge in [-0.05, 0) is 18.2 Å². The molecular weight excluding hydrogens is 344 g/mol. The third kappa shape index (κ3) is 4.63. The molecule has 0 spiro atoms. The average molecular weight is 358 g/mol. The number of nitrogens with zero attached hydrogens (tertiary/aromatic N) is 1. The first-order valence-electron chi connectivity index (χ1n) is 7.29. The van der Waals surface area contributed by atoms with Crippen LogP contribution in [0, 0.1) is 10.1 Å². The number of hydrogen-bond donors (Lipinski definition) is 1. The number of non-ortho nitro benzene ring substituents is 1. The smallest absolute Gasteiger partial charge is 0.338 e. The van der Waals surface area contributed by atoms with E-state index in [-0.39, 0.29) is 22.7 Å². The van der Waals surface area contributed by atoms with Crippen LogP contribution in [0.5, 0.6) is 5.75 Å². The van der Waals surface area contributed by atoms with Crippen molar-refractivity contribution in [1.29, 1.82) is 0 Å². The van der Waals surface area contributed by atoms with Gasteiger partial charge < -0.3 is 14.8 Å². The molecule has 134 valence electrons. The molecule has 0 atom stereocenters. The molecule has 0 radical (unpaired) electrons. The van der Waals surface area contributed by atoms with Crippen molar-refractivity contribution in [3.05, 3.63) is 63.7 Å². The van der Waals surface area contributed by atoms with Crippen molar-refractivity contribution in [2.75, 3.05) is 19.0 Å². The first-order valence-corrected chi connectivity index (χ1v) is 7.29. The molecule has 0 heterocycles. The number of anilines is 1. The Bertz CT molecular complexity index is 847. The Kier molecular flexibility index (Phi) is 5.99. The summed E-state index contributed by atoms with van der Waals surface area (Å²) < 4.78 is 9.88. The van der Waals surface area contributed by atoms with Gasteiger partial charge in [0.15, 0.2) is 6.61 Å². The third-order valence-electron chi connectivity index (χ3n) is 3.29. The summed E-state index contributed by atoms with van der Waals surface area (Å²) >= 11 is 0.